The number of morpholine rings is 1. The highest BCUT2D eigenvalue weighted by molar-refractivity contribution is 5.92. The van der Waals surface area contributed by atoms with Crippen molar-refractivity contribution in [1.29, 1.82) is 0 Å². The molecule has 21 heavy (non-hydrogen) atoms. The Kier molecular flexibility index (Phi) is 3.70. The van der Waals surface area contributed by atoms with Crippen LogP contribution in [0.25, 0.3) is 11.3 Å². The van der Waals surface area contributed by atoms with Gasteiger partial charge in [-0.1, -0.05) is 17.3 Å². The first-order valence-electron chi connectivity index (χ1n) is 6.76. The predicted molar refractivity (Wildman–Crippen MR) is 73.2 cm³/mol. The van der Waals surface area contributed by atoms with Gasteiger partial charge in [-0.2, -0.15) is 0 Å². The quantitative estimate of drug-likeness (QED) is 0.852. The van der Waals surface area contributed by atoms with Crippen molar-refractivity contribution in [2.75, 3.05) is 19.8 Å². The van der Waals surface area contributed by atoms with Gasteiger partial charge in [0.15, 0.2) is 0 Å². The summed E-state index contributed by atoms with van der Waals surface area (Å²) in [6.45, 7) is 3.47. The van der Waals surface area contributed by atoms with E-state index >= 15 is 0 Å². The molecule has 6 heteroatoms. The Bertz CT molecular complexity index is 656. The van der Waals surface area contributed by atoms with Crippen molar-refractivity contribution in [1.82, 2.24) is 10.1 Å². The van der Waals surface area contributed by atoms with Gasteiger partial charge in [-0.05, 0) is 19.1 Å². The molecule has 0 unspecified atom stereocenters. The standard InChI is InChI=1S/C15H15FN2O3/c1-10-9-20-6-5-18(10)15(19)14-8-13(17-21-14)11-3-2-4-12(16)7-11/h2-4,7-8,10H,5-6,9H2,1H3/t10-/m0/s1. The predicted octanol–water partition coefficient (Wildman–Crippen LogP) is 2.34. The molecule has 0 N–H and O–H groups in total. The molecular weight excluding hydrogens is 275 g/mol. The molecule has 1 saturated heterocycles. The number of carbonyl (C=O) groups is 1. The van der Waals surface area contributed by atoms with E-state index in [0.29, 0.717) is 31.0 Å². The van der Waals surface area contributed by atoms with E-state index in [1.165, 1.54) is 12.1 Å². The zero-order valence-corrected chi connectivity index (χ0v) is 11.6. The molecule has 1 aromatic carbocycles. The summed E-state index contributed by atoms with van der Waals surface area (Å²) in [4.78, 5) is 14.1. The number of ether oxygens (including phenoxy) is 1. The minimum Gasteiger partial charge on any atom is -0.377 e. The molecule has 1 amide bonds. The van der Waals surface area contributed by atoms with Crippen molar-refractivity contribution >= 4 is 5.91 Å². The maximum absolute atomic E-state index is 13.2. The number of halogens is 1. The summed E-state index contributed by atoms with van der Waals surface area (Å²) in [6, 6.07) is 7.54. The highest BCUT2D eigenvalue weighted by atomic mass is 19.1. The van der Waals surface area contributed by atoms with Crippen molar-refractivity contribution in [3.8, 4) is 11.3 Å². The smallest absolute Gasteiger partial charge is 0.292 e. The Balaban J connectivity index is 1.83. The first kappa shape index (κ1) is 13.8. The third kappa shape index (κ3) is 2.80. The molecule has 2 heterocycles. The Morgan fingerprint density at radius 2 is 2.29 bits per heavy atom. The lowest BCUT2D eigenvalue weighted by atomic mass is 10.1. The lowest BCUT2D eigenvalue weighted by Crippen LogP contribution is -2.47. The van der Waals surface area contributed by atoms with E-state index in [9.17, 15) is 9.18 Å². The molecule has 1 aromatic heterocycles. The molecule has 0 saturated carbocycles. The van der Waals surface area contributed by atoms with Gasteiger partial charge in [-0.3, -0.25) is 4.79 Å². The number of amides is 1. The zero-order chi connectivity index (χ0) is 14.8. The molecule has 0 spiro atoms. The number of hydrogen-bond acceptors (Lipinski definition) is 4. The van der Waals surface area contributed by atoms with E-state index < -0.39 is 0 Å². The molecule has 1 atom stereocenters. The SMILES string of the molecule is C[C@H]1COCCN1C(=O)c1cc(-c2cccc(F)c2)no1. The minimum atomic E-state index is -0.356. The van der Waals surface area contributed by atoms with Crippen LogP contribution in [0.2, 0.25) is 0 Å². The summed E-state index contributed by atoms with van der Waals surface area (Å²) in [6.07, 6.45) is 0. The van der Waals surface area contributed by atoms with Gasteiger partial charge >= 0.3 is 0 Å². The van der Waals surface area contributed by atoms with Crippen LogP contribution in [0.4, 0.5) is 4.39 Å². The lowest BCUT2D eigenvalue weighted by Gasteiger charge is -2.32. The van der Waals surface area contributed by atoms with Gasteiger partial charge in [0.25, 0.3) is 5.91 Å². The Morgan fingerprint density at radius 1 is 1.43 bits per heavy atom. The third-order valence-corrected chi connectivity index (χ3v) is 3.47. The summed E-state index contributed by atoms with van der Waals surface area (Å²) in [5, 5.41) is 3.85. The van der Waals surface area contributed by atoms with Crippen LogP contribution in [-0.2, 0) is 4.74 Å². The lowest BCUT2D eigenvalue weighted by molar-refractivity contribution is 0.00155. The summed E-state index contributed by atoms with van der Waals surface area (Å²) in [5.41, 5.74) is 1.02. The fourth-order valence-electron chi connectivity index (χ4n) is 2.33. The largest absolute Gasteiger partial charge is 0.377 e. The van der Waals surface area contributed by atoms with Crippen molar-refractivity contribution in [3.63, 3.8) is 0 Å². The average molecular weight is 290 g/mol. The van der Waals surface area contributed by atoms with Gasteiger partial charge < -0.3 is 14.2 Å². The maximum atomic E-state index is 13.2. The Hall–Kier alpha value is -2.21. The molecule has 1 aliphatic heterocycles. The second kappa shape index (κ2) is 5.65. The summed E-state index contributed by atoms with van der Waals surface area (Å²) in [7, 11) is 0. The van der Waals surface area contributed by atoms with Crippen LogP contribution >= 0.6 is 0 Å². The molecular formula is C15H15FN2O3. The summed E-state index contributed by atoms with van der Waals surface area (Å²) >= 11 is 0. The first-order chi connectivity index (χ1) is 10.1. The van der Waals surface area contributed by atoms with Gasteiger partial charge in [-0.25, -0.2) is 4.39 Å². The second-order valence-electron chi connectivity index (χ2n) is 5.01. The summed E-state index contributed by atoms with van der Waals surface area (Å²) in [5.74, 6) is -0.422. The number of nitrogens with zero attached hydrogens (tertiary/aromatic N) is 2. The van der Waals surface area contributed by atoms with Crippen LogP contribution in [0, 0.1) is 5.82 Å². The van der Waals surface area contributed by atoms with E-state index in [0.717, 1.165) is 0 Å². The van der Waals surface area contributed by atoms with Gasteiger partial charge in [-0.15, -0.1) is 0 Å². The van der Waals surface area contributed by atoms with Gasteiger partial charge in [0.1, 0.15) is 11.5 Å². The minimum absolute atomic E-state index is 0.00558. The van der Waals surface area contributed by atoms with E-state index in [-0.39, 0.29) is 23.5 Å². The van der Waals surface area contributed by atoms with Crippen LogP contribution in [0.5, 0.6) is 0 Å². The Labute approximate surface area is 121 Å². The average Bonchev–Trinajstić information content (AvgIpc) is 2.97. The molecule has 3 rings (SSSR count). The number of benzene rings is 1. The van der Waals surface area contributed by atoms with E-state index in [4.69, 9.17) is 9.26 Å². The molecule has 0 radical (unpaired) electrons. The zero-order valence-electron chi connectivity index (χ0n) is 11.6. The molecule has 1 aliphatic rings. The van der Waals surface area contributed by atoms with Crippen molar-refractivity contribution < 1.29 is 18.4 Å². The van der Waals surface area contributed by atoms with Crippen LogP contribution in [0.1, 0.15) is 17.5 Å². The van der Waals surface area contributed by atoms with Crippen LogP contribution in [0.3, 0.4) is 0 Å². The van der Waals surface area contributed by atoms with Gasteiger partial charge in [0, 0.05) is 18.2 Å². The van der Waals surface area contributed by atoms with Gasteiger partial charge in [0.05, 0.1) is 19.3 Å². The molecule has 0 bridgehead atoms. The Morgan fingerprint density at radius 3 is 3.05 bits per heavy atom. The van der Waals surface area contributed by atoms with E-state index in [2.05, 4.69) is 5.16 Å². The highest BCUT2D eigenvalue weighted by Gasteiger charge is 2.27. The van der Waals surface area contributed by atoms with E-state index in [1.54, 1.807) is 23.1 Å². The molecule has 110 valence electrons. The number of aromatic nitrogens is 1. The van der Waals surface area contributed by atoms with Gasteiger partial charge in [0.2, 0.25) is 5.76 Å². The third-order valence-electron chi connectivity index (χ3n) is 3.47. The first-order valence-corrected chi connectivity index (χ1v) is 6.76. The van der Waals surface area contributed by atoms with Crippen LogP contribution in [-0.4, -0.2) is 41.8 Å². The fraction of sp³-hybridized carbons (Fsp3) is 0.333. The van der Waals surface area contributed by atoms with Crippen molar-refractivity contribution in [2.45, 2.75) is 13.0 Å². The number of hydrogen-bond donors (Lipinski definition) is 0. The van der Waals surface area contributed by atoms with Crippen LogP contribution in [0.15, 0.2) is 34.9 Å². The number of carbonyl (C=O) groups excluding carboxylic acids is 1. The second-order valence-corrected chi connectivity index (χ2v) is 5.01. The molecule has 5 nitrogen and oxygen atoms in total. The van der Waals surface area contributed by atoms with Crippen molar-refractivity contribution in [2.24, 2.45) is 0 Å². The highest BCUT2D eigenvalue weighted by Crippen LogP contribution is 2.21. The fourth-order valence-corrected chi connectivity index (χ4v) is 2.33. The van der Waals surface area contributed by atoms with Crippen molar-refractivity contribution in [3.05, 3.63) is 41.9 Å². The number of rotatable bonds is 2. The topological polar surface area (TPSA) is 55.6 Å². The molecule has 1 fully saturated rings. The normalized spacial score (nSPS) is 18.8. The molecule has 0 aliphatic carbocycles. The molecule has 2 aromatic rings. The van der Waals surface area contributed by atoms with E-state index in [1.807, 2.05) is 6.92 Å². The monoisotopic (exact) mass is 290 g/mol. The summed E-state index contributed by atoms with van der Waals surface area (Å²) < 4.78 is 23.6. The van der Waals surface area contributed by atoms with Crippen LogP contribution < -0.4 is 0 Å². The maximum Gasteiger partial charge on any atom is 0.292 e.